The van der Waals surface area contributed by atoms with E-state index in [2.05, 4.69) is 6.92 Å². The summed E-state index contributed by atoms with van der Waals surface area (Å²) in [5.41, 5.74) is 1.07. The summed E-state index contributed by atoms with van der Waals surface area (Å²) in [6.07, 6.45) is 9.78. The third-order valence-corrected chi connectivity index (χ3v) is 4.62. The summed E-state index contributed by atoms with van der Waals surface area (Å²) in [7, 11) is 0. The van der Waals surface area contributed by atoms with E-state index >= 15 is 0 Å². The molecule has 0 atom stereocenters. The van der Waals surface area contributed by atoms with E-state index in [0.29, 0.717) is 6.61 Å². The van der Waals surface area contributed by atoms with Crippen LogP contribution in [-0.2, 0) is 16.1 Å². The number of benzene rings is 1. The predicted octanol–water partition coefficient (Wildman–Crippen LogP) is 5.12. The Balaban J connectivity index is 1.66. The van der Waals surface area contributed by atoms with Crippen LogP contribution in [0, 0.1) is 11.8 Å². The summed E-state index contributed by atoms with van der Waals surface area (Å²) in [4.78, 5) is 12.1. The first-order valence-corrected chi connectivity index (χ1v) is 8.50. The Morgan fingerprint density at radius 2 is 1.81 bits per heavy atom. The summed E-state index contributed by atoms with van der Waals surface area (Å²) in [5, 5.41) is 0. The third-order valence-electron chi connectivity index (χ3n) is 4.62. The van der Waals surface area contributed by atoms with Crippen molar-refractivity contribution in [3.8, 4) is 0 Å². The van der Waals surface area contributed by atoms with Crippen molar-refractivity contribution < 1.29 is 9.53 Å². The Kier molecular flexibility index (Phi) is 6.78. The Hall–Kier alpha value is -1.31. The minimum atomic E-state index is 0.00543. The number of ether oxygens (including phenoxy) is 1. The summed E-state index contributed by atoms with van der Waals surface area (Å²) in [5.74, 6) is 0.983. The van der Waals surface area contributed by atoms with Crippen LogP contribution < -0.4 is 0 Å². The van der Waals surface area contributed by atoms with Gasteiger partial charge in [-0.3, -0.25) is 4.79 Å². The molecule has 0 spiro atoms. The van der Waals surface area contributed by atoms with Gasteiger partial charge in [-0.1, -0.05) is 62.9 Å². The second-order valence-electron chi connectivity index (χ2n) is 6.31. The molecular formula is C19H28O2. The highest BCUT2D eigenvalue weighted by molar-refractivity contribution is 5.72. The van der Waals surface area contributed by atoms with Gasteiger partial charge in [0.2, 0.25) is 0 Å². The van der Waals surface area contributed by atoms with Crippen LogP contribution in [0.1, 0.15) is 63.9 Å². The van der Waals surface area contributed by atoms with E-state index in [1.807, 2.05) is 30.3 Å². The number of hydrogen-bond donors (Lipinski definition) is 0. The molecule has 0 unspecified atom stereocenters. The van der Waals surface area contributed by atoms with Gasteiger partial charge in [0.1, 0.15) is 6.61 Å². The lowest BCUT2D eigenvalue weighted by Gasteiger charge is -2.27. The molecule has 1 aromatic rings. The van der Waals surface area contributed by atoms with Crippen LogP contribution in [0.3, 0.4) is 0 Å². The zero-order valence-corrected chi connectivity index (χ0v) is 13.2. The fraction of sp³-hybridized carbons (Fsp3) is 0.632. The summed E-state index contributed by atoms with van der Waals surface area (Å²) >= 11 is 0. The molecule has 2 nitrogen and oxygen atoms in total. The lowest BCUT2D eigenvalue weighted by atomic mass is 9.80. The average Bonchev–Trinajstić information content (AvgIpc) is 2.54. The van der Waals surface area contributed by atoms with E-state index in [1.54, 1.807) is 0 Å². The highest BCUT2D eigenvalue weighted by Crippen LogP contribution is 2.32. The smallest absolute Gasteiger partial charge is 0.309 e. The summed E-state index contributed by atoms with van der Waals surface area (Å²) in [6, 6.07) is 9.93. The molecule has 116 valence electrons. The van der Waals surface area contributed by atoms with Gasteiger partial charge in [0, 0.05) is 0 Å². The Morgan fingerprint density at radius 1 is 1.10 bits per heavy atom. The summed E-state index contributed by atoms with van der Waals surface area (Å²) in [6.45, 7) is 2.66. The largest absolute Gasteiger partial charge is 0.461 e. The van der Waals surface area contributed by atoms with Crippen molar-refractivity contribution in [2.75, 3.05) is 0 Å². The van der Waals surface area contributed by atoms with Crippen molar-refractivity contribution >= 4 is 5.97 Å². The number of unbranched alkanes of at least 4 members (excludes halogenated alkanes) is 2. The number of carbonyl (C=O) groups is 1. The number of hydrogen-bond acceptors (Lipinski definition) is 2. The van der Waals surface area contributed by atoms with Gasteiger partial charge in [0.15, 0.2) is 0 Å². The lowest BCUT2D eigenvalue weighted by molar-refractivity contribution is -0.151. The Bertz CT molecular complexity index is 405. The molecule has 2 rings (SSSR count). The number of esters is 1. The van der Waals surface area contributed by atoms with Gasteiger partial charge in [0.25, 0.3) is 0 Å². The van der Waals surface area contributed by atoms with Crippen molar-refractivity contribution in [3.05, 3.63) is 35.9 Å². The van der Waals surface area contributed by atoms with Crippen molar-refractivity contribution in [1.82, 2.24) is 0 Å². The first kappa shape index (κ1) is 16.1. The van der Waals surface area contributed by atoms with Crippen LogP contribution in [0.25, 0.3) is 0 Å². The van der Waals surface area contributed by atoms with Gasteiger partial charge in [-0.25, -0.2) is 0 Å². The van der Waals surface area contributed by atoms with Crippen LogP contribution in [0.4, 0.5) is 0 Å². The number of rotatable bonds is 7. The molecule has 0 heterocycles. The van der Waals surface area contributed by atoms with Gasteiger partial charge in [-0.15, -0.1) is 0 Å². The molecule has 1 saturated carbocycles. The molecule has 0 N–H and O–H groups in total. The van der Waals surface area contributed by atoms with E-state index in [0.717, 1.165) is 24.3 Å². The molecule has 0 aromatic heterocycles. The quantitative estimate of drug-likeness (QED) is 0.514. The van der Waals surface area contributed by atoms with Crippen molar-refractivity contribution in [2.24, 2.45) is 11.8 Å². The summed E-state index contributed by atoms with van der Waals surface area (Å²) < 4.78 is 5.46. The molecule has 0 bridgehead atoms. The maximum atomic E-state index is 12.1. The van der Waals surface area contributed by atoms with Crippen molar-refractivity contribution in [1.29, 1.82) is 0 Å². The van der Waals surface area contributed by atoms with Gasteiger partial charge in [-0.05, 0) is 37.2 Å². The van der Waals surface area contributed by atoms with E-state index in [1.165, 1.54) is 38.5 Å². The zero-order valence-electron chi connectivity index (χ0n) is 13.2. The number of carbonyl (C=O) groups excluding carboxylic acids is 1. The van der Waals surface area contributed by atoms with Crippen molar-refractivity contribution in [2.45, 2.75) is 64.9 Å². The van der Waals surface area contributed by atoms with Crippen LogP contribution in [0.5, 0.6) is 0 Å². The molecule has 1 aliphatic rings. The minimum absolute atomic E-state index is 0.00543. The maximum absolute atomic E-state index is 12.1. The first-order chi connectivity index (χ1) is 10.3. The van der Waals surface area contributed by atoms with E-state index in [9.17, 15) is 4.79 Å². The second kappa shape index (κ2) is 8.86. The molecule has 1 fully saturated rings. The molecule has 1 aromatic carbocycles. The topological polar surface area (TPSA) is 26.3 Å². The zero-order chi connectivity index (χ0) is 14.9. The fourth-order valence-electron chi connectivity index (χ4n) is 3.22. The SMILES string of the molecule is CCCCCC1CCC(C(=O)OCc2ccccc2)CC1. The molecule has 0 amide bonds. The van der Waals surface area contributed by atoms with E-state index in [4.69, 9.17) is 4.74 Å². The van der Waals surface area contributed by atoms with E-state index in [-0.39, 0.29) is 11.9 Å². The fourth-order valence-corrected chi connectivity index (χ4v) is 3.22. The Morgan fingerprint density at radius 3 is 2.48 bits per heavy atom. The molecule has 1 aliphatic carbocycles. The molecule has 21 heavy (non-hydrogen) atoms. The second-order valence-corrected chi connectivity index (χ2v) is 6.31. The van der Waals surface area contributed by atoms with Gasteiger partial charge in [-0.2, -0.15) is 0 Å². The highest BCUT2D eigenvalue weighted by atomic mass is 16.5. The van der Waals surface area contributed by atoms with Gasteiger partial charge in [0.05, 0.1) is 5.92 Å². The van der Waals surface area contributed by atoms with Gasteiger partial charge < -0.3 is 4.74 Å². The first-order valence-electron chi connectivity index (χ1n) is 8.50. The highest BCUT2D eigenvalue weighted by Gasteiger charge is 2.27. The van der Waals surface area contributed by atoms with Crippen LogP contribution in [-0.4, -0.2) is 5.97 Å². The van der Waals surface area contributed by atoms with Crippen LogP contribution in [0.15, 0.2) is 30.3 Å². The molecular weight excluding hydrogens is 260 g/mol. The molecule has 0 radical (unpaired) electrons. The molecule has 0 saturated heterocycles. The minimum Gasteiger partial charge on any atom is -0.461 e. The average molecular weight is 288 g/mol. The van der Waals surface area contributed by atoms with Crippen LogP contribution >= 0.6 is 0 Å². The lowest BCUT2D eigenvalue weighted by Crippen LogP contribution is -2.23. The maximum Gasteiger partial charge on any atom is 0.309 e. The molecule has 2 heteroatoms. The Labute approximate surface area is 128 Å². The van der Waals surface area contributed by atoms with Crippen molar-refractivity contribution in [3.63, 3.8) is 0 Å². The third kappa shape index (κ3) is 5.53. The van der Waals surface area contributed by atoms with Gasteiger partial charge >= 0.3 is 5.97 Å². The van der Waals surface area contributed by atoms with E-state index < -0.39 is 0 Å². The predicted molar refractivity (Wildman–Crippen MR) is 85.8 cm³/mol. The van der Waals surface area contributed by atoms with Crippen LogP contribution in [0.2, 0.25) is 0 Å². The molecule has 0 aliphatic heterocycles. The monoisotopic (exact) mass is 288 g/mol. The standard InChI is InChI=1S/C19H28O2/c1-2-3-5-8-16-11-13-18(14-12-16)19(20)21-15-17-9-6-4-7-10-17/h4,6-7,9-10,16,18H,2-3,5,8,11-15H2,1H3. The normalized spacial score (nSPS) is 22.0.